The topological polar surface area (TPSA) is 66.4 Å². The smallest absolute Gasteiger partial charge is 0.201 e. The van der Waals surface area contributed by atoms with Crippen LogP contribution in [0.2, 0.25) is 5.02 Å². The van der Waals surface area contributed by atoms with E-state index < -0.39 is 21.8 Å². The van der Waals surface area contributed by atoms with Crippen LogP contribution in [0.25, 0.3) is 11.3 Å². The fourth-order valence-electron chi connectivity index (χ4n) is 4.81. The first-order valence-corrected chi connectivity index (χ1v) is 13.5. The number of halogens is 3. The fourth-order valence-corrected chi connectivity index (χ4v) is 6.24. The highest BCUT2D eigenvalue weighted by Gasteiger charge is 2.36. The summed E-state index contributed by atoms with van der Waals surface area (Å²) < 4.78 is 54.1. The van der Waals surface area contributed by atoms with Gasteiger partial charge in [-0.15, -0.1) is 0 Å². The normalized spacial score (nSPS) is 20.7. The summed E-state index contributed by atoms with van der Waals surface area (Å²) in [6.45, 7) is 4.28. The number of piperazine rings is 1. The SMILES string of the molecule is Cc1ccc(F)cc1-c1nc(CS(=O)(=O)c2cccc(N3CCN4C[C@@H](F)C[C@@H]4C3)n2)ccc1Cl. The summed E-state index contributed by atoms with van der Waals surface area (Å²) >= 11 is 6.32. The van der Waals surface area contributed by atoms with Gasteiger partial charge in [-0.05, 0) is 55.3 Å². The first-order chi connectivity index (χ1) is 16.7. The number of hydrogen-bond donors (Lipinski definition) is 0. The first-order valence-electron chi connectivity index (χ1n) is 11.4. The molecule has 0 saturated carbocycles. The maximum atomic E-state index is 13.8. The number of nitrogens with zero attached hydrogens (tertiary/aromatic N) is 4. The largest absolute Gasteiger partial charge is 0.354 e. The molecule has 2 aliphatic rings. The third-order valence-corrected chi connectivity index (χ3v) is 8.46. The third kappa shape index (κ3) is 5.03. The van der Waals surface area contributed by atoms with Crippen LogP contribution < -0.4 is 4.90 Å². The lowest BCUT2D eigenvalue weighted by molar-refractivity contribution is 0.223. The number of fused-ring (bicyclic) bond motifs is 1. The molecule has 2 aromatic heterocycles. The van der Waals surface area contributed by atoms with Gasteiger partial charge in [0.2, 0.25) is 9.84 Å². The van der Waals surface area contributed by atoms with Crippen LogP contribution in [0.4, 0.5) is 14.6 Å². The molecule has 0 aliphatic carbocycles. The molecule has 1 aromatic carbocycles. The number of pyridine rings is 2. The second-order valence-corrected chi connectivity index (χ2v) is 11.5. The van der Waals surface area contributed by atoms with Crippen LogP contribution in [0, 0.1) is 12.7 Å². The van der Waals surface area contributed by atoms with E-state index in [1.165, 1.54) is 18.2 Å². The van der Waals surface area contributed by atoms with Crippen molar-refractivity contribution in [3.63, 3.8) is 0 Å². The van der Waals surface area contributed by atoms with Crippen LogP contribution in [0.15, 0.2) is 53.6 Å². The van der Waals surface area contributed by atoms with Gasteiger partial charge in [-0.25, -0.2) is 22.2 Å². The minimum Gasteiger partial charge on any atom is -0.354 e. The summed E-state index contributed by atoms with van der Waals surface area (Å²) in [5.41, 5.74) is 1.90. The summed E-state index contributed by atoms with van der Waals surface area (Å²) in [5.74, 6) is -0.238. The third-order valence-electron chi connectivity index (χ3n) is 6.61. The predicted molar refractivity (Wildman–Crippen MR) is 132 cm³/mol. The van der Waals surface area contributed by atoms with Crippen molar-refractivity contribution in [2.45, 2.75) is 36.3 Å². The molecule has 0 spiro atoms. The second kappa shape index (κ2) is 9.44. The molecule has 2 saturated heterocycles. The average Bonchev–Trinajstić information content (AvgIpc) is 3.21. The van der Waals surface area contributed by atoms with Crippen molar-refractivity contribution >= 4 is 27.3 Å². The predicted octanol–water partition coefficient (Wildman–Crippen LogP) is 4.45. The van der Waals surface area contributed by atoms with Crippen LogP contribution >= 0.6 is 11.6 Å². The first kappa shape index (κ1) is 24.1. The van der Waals surface area contributed by atoms with Gasteiger partial charge in [0.05, 0.1) is 22.2 Å². The Morgan fingerprint density at radius 2 is 1.91 bits per heavy atom. The quantitative estimate of drug-likeness (QED) is 0.497. The minimum absolute atomic E-state index is 0.0487. The van der Waals surface area contributed by atoms with Crippen molar-refractivity contribution in [1.29, 1.82) is 0 Å². The number of sulfone groups is 1. The Hall–Kier alpha value is -2.62. The summed E-state index contributed by atoms with van der Waals surface area (Å²) in [5, 5.41) is 0.258. The number of anilines is 1. The van der Waals surface area contributed by atoms with Gasteiger partial charge in [0.15, 0.2) is 5.03 Å². The van der Waals surface area contributed by atoms with E-state index in [1.807, 2.05) is 11.8 Å². The lowest BCUT2D eigenvalue weighted by Gasteiger charge is -2.37. The van der Waals surface area contributed by atoms with Crippen LogP contribution in [-0.2, 0) is 15.6 Å². The Morgan fingerprint density at radius 1 is 1.09 bits per heavy atom. The Bertz CT molecular complexity index is 1370. The van der Waals surface area contributed by atoms with E-state index in [4.69, 9.17) is 11.6 Å². The van der Waals surface area contributed by atoms with E-state index >= 15 is 0 Å². The zero-order valence-electron chi connectivity index (χ0n) is 19.2. The van der Waals surface area contributed by atoms with Crippen LogP contribution in [0.1, 0.15) is 17.7 Å². The van der Waals surface area contributed by atoms with E-state index in [-0.39, 0.29) is 22.5 Å². The second-order valence-electron chi connectivity index (χ2n) is 9.11. The summed E-state index contributed by atoms with van der Waals surface area (Å²) in [4.78, 5) is 13.1. The van der Waals surface area contributed by atoms with Gasteiger partial charge in [-0.3, -0.25) is 9.88 Å². The lowest BCUT2D eigenvalue weighted by Crippen LogP contribution is -2.50. The Labute approximate surface area is 208 Å². The number of aromatic nitrogens is 2. The molecular formula is C25H25ClF2N4O2S. The van der Waals surface area contributed by atoms with Gasteiger partial charge in [-0.1, -0.05) is 23.7 Å². The molecule has 35 heavy (non-hydrogen) atoms. The van der Waals surface area contributed by atoms with Crippen molar-refractivity contribution in [2.24, 2.45) is 0 Å². The van der Waals surface area contributed by atoms with Crippen LogP contribution in [0.5, 0.6) is 0 Å². The molecule has 3 aromatic rings. The molecule has 5 rings (SSSR count). The zero-order valence-corrected chi connectivity index (χ0v) is 20.7. The lowest BCUT2D eigenvalue weighted by atomic mass is 10.0. The van der Waals surface area contributed by atoms with Crippen LogP contribution in [-0.4, -0.2) is 61.7 Å². The maximum Gasteiger partial charge on any atom is 0.201 e. The number of benzene rings is 1. The molecule has 0 N–H and O–H groups in total. The van der Waals surface area contributed by atoms with Gasteiger partial charge in [0.25, 0.3) is 0 Å². The van der Waals surface area contributed by atoms with Gasteiger partial charge in [-0.2, -0.15) is 0 Å². The van der Waals surface area contributed by atoms with E-state index in [1.54, 1.807) is 30.3 Å². The van der Waals surface area contributed by atoms with Gasteiger partial charge >= 0.3 is 0 Å². The Kier molecular flexibility index (Phi) is 6.50. The highest BCUT2D eigenvalue weighted by Crippen LogP contribution is 2.31. The Balaban J connectivity index is 1.39. The standard InChI is InChI=1S/C25H25ClF2N4O2S/c1-16-5-6-17(27)12-21(16)25-22(26)8-7-19(29-25)15-35(33,34)24-4-2-3-23(30-24)32-10-9-31-13-18(28)11-20(31)14-32/h2-8,12,18,20H,9-11,13-15H2,1H3/t18-,20+/m0/s1. The van der Waals surface area contributed by atoms with E-state index in [0.29, 0.717) is 48.2 Å². The van der Waals surface area contributed by atoms with E-state index in [2.05, 4.69) is 14.9 Å². The molecular weight excluding hydrogens is 494 g/mol. The van der Waals surface area contributed by atoms with Gasteiger partial charge in [0, 0.05) is 37.8 Å². The molecule has 2 atom stereocenters. The molecule has 10 heteroatoms. The van der Waals surface area contributed by atoms with Crippen molar-refractivity contribution in [3.05, 3.63) is 70.6 Å². The molecule has 2 fully saturated rings. The highest BCUT2D eigenvalue weighted by molar-refractivity contribution is 7.90. The number of aryl methyl sites for hydroxylation is 1. The van der Waals surface area contributed by atoms with Crippen molar-refractivity contribution in [3.8, 4) is 11.3 Å². The fraction of sp³-hybridized carbons (Fsp3) is 0.360. The van der Waals surface area contributed by atoms with E-state index in [9.17, 15) is 17.2 Å². The molecule has 0 unspecified atom stereocenters. The molecule has 2 aliphatic heterocycles. The van der Waals surface area contributed by atoms with Crippen molar-refractivity contribution < 1.29 is 17.2 Å². The molecule has 0 bridgehead atoms. The number of alkyl halides is 1. The monoisotopic (exact) mass is 518 g/mol. The molecule has 0 radical (unpaired) electrons. The van der Waals surface area contributed by atoms with Crippen LogP contribution in [0.3, 0.4) is 0 Å². The molecule has 6 nitrogen and oxygen atoms in total. The summed E-state index contributed by atoms with van der Waals surface area (Å²) in [6, 6.07) is 12.5. The average molecular weight is 519 g/mol. The van der Waals surface area contributed by atoms with Crippen molar-refractivity contribution in [2.75, 3.05) is 31.1 Å². The zero-order chi connectivity index (χ0) is 24.7. The van der Waals surface area contributed by atoms with Gasteiger partial charge in [0.1, 0.15) is 17.8 Å². The molecule has 0 amide bonds. The molecule has 184 valence electrons. The molecule has 4 heterocycles. The van der Waals surface area contributed by atoms with Crippen molar-refractivity contribution in [1.82, 2.24) is 14.9 Å². The van der Waals surface area contributed by atoms with Gasteiger partial charge < -0.3 is 4.90 Å². The minimum atomic E-state index is -3.82. The number of hydrogen-bond acceptors (Lipinski definition) is 6. The Morgan fingerprint density at radius 3 is 2.74 bits per heavy atom. The summed E-state index contributed by atoms with van der Waals surface area (Å²) in [7, 11) is -3.82. The number of rotatable bonds is 5. The van der Waals surface area contributed by atoms with E-state index in [0.717, 1.165) is 12.1 Å². The highest BCUT2D eigenvalue weighted by atomic mass is 35.5. The summed E-state index contributed by atoms with van der Waals surface area (Å²) in [6.07, 6.45) is -0.323. The maximum absolute atomic E-state index is 13.8.